The molecule has 4 heteroatoms. The van der Waals surface area contributed by atoms with Gasteiger partial charge in [0.2, 0.25) is 5.06 Å². The highest BCUT2D eigenvalue weighted by atomic mass is 35.5. The summed E-state index contributed by atoms with van der Waals surface area (Å²) in [5.74, 6) is -0.110. The molecule has 2 nitrogen and oxygen atoms in total. The number of hydrogen-bond donors (Lipinski definition) is 0. The molecule has 0 spiro atoms. The number of halogens is 2. The van der Waals surface area contributed by atoms with Crippen molar-refractivity contribution in [2.45, 2.75) is 11.5 Å². The zero-order valence-corrected chi connectivity index (χ0v) is 5.50. The number of cyclic esters (lactones) is 1. The fraction of sp³-hybridized carbons (Fsp3) is 0.750. The number of carbonyl (C=O) groups excluding carboxylic acids is 1. The van der Waals surface area contributed by atoms with E-state index in [9.17, 15) is 4.79 Å². The molecule has 46 valence electrons. The van der Waals surface area contributed by atoms with Crippen LogP contribution >= 0.6 is 23.2 Å². The molecule has 1 unspecified atom stereocenters. The van der Waals surface area contributed by atoms with Gasteiger partial charge in [-0.3, -0.25) is 4.79 Å². The molecule has 0 aromatic carbocycles. The molecule has 1 aliphatic rings. The number of alkyl halides is 2. The van der Waals surface area contributed by atoms with Crippen molar-refractivity contribution < 1.29 is 9.53 Å². The Morgan fingerprint density at radius 3 is 2.50 bits per heavy atom. The van der Waals surface area contributed by atoms with Crippen LogP contribution in [0.3, 0.4) is 0 Å². The highest BCUT2D eigenvalue weighted by Crippen LogP contribution is 2.32. The normalized spacial score (nSPS) is 36.0. The molecule has 0 radical (unpaired) electrons. The van der Waals surface area contributed by atoms with Crippen molar-refractivity contribution in [1.29, 1.82) is 0 Å². The molecule has 1 atom stereocenters. The first kappa shape index (κ1) is 6.17. The van der Waals surface area contributed by atoms with Gasteiger partial charge in [-0.2, -0.15) is 0 Å². The smallest absolute Gasteiger partial charge is 0.313 e. The summed E-state index contributed by atoms with van der Waals surface area (Å²) in [5.41, 5.74) is 0. The van der Waals surface area contributed by atoms with Crippen LogP contribution in [0, 0.1) is 0 Å². The topological polar surface area (TPSA) is 26.3 Å². The van der Waals surface area contributed by atoms with Gasteiger partial charge in [0.25, 0.3) is 0 Å². The van der Waals surface area contributed by atoms with E-state index in [-0.39, 0.29) is 18.3 Å². The minimum atomic E-state index is -0.876. The Morgan fingerprint density at radius 1 is 1.88 bits per heavy atom. The van der Waals surface area contributed by atoms with Gasteiger partial charge in [-0.1, -0.05) is 11.6 Å². The highest BCUT2D eigenvalue weighted by Gasteiger charge is 2.43. The minimum absolute atomic E-state index is 0.167. The zero-order chi connectivity index (χ0) is 6.20. The summed E-state index contributed by atoms with van der Waals surface area (Å²) >= 11 is 10.8. The number of hydrogen-bond acceptors (Lipinski definition) is 2. The molecule has 0 aliphatic carbocycles. The van der Waals surface area contributed by atoms with Gasteiger partial charge in [0, 0.05) is 0 Å². The quantitative estimate of drug-likeness (QED) is 0.418. The van der Waals surface area contributed by atoms with Crippen LogP contribution in [0.15, 0.2) is 0 Å². The number of esters is 1. The van der Waals surface area contributed by atoms with Crippen molar-refractivity contribution in [3.05, 3.63) is 0 Å². The van der Waals surface area contributed by atoms with E-state index in [1.807, 2.05) is 0 Å². The lowest BCUT2D eigenvalue weighted by atomic mass is 10.2. The van der Waals surface area contributed by atoms with E-state index in [4.69, 9.17) is 23.2 Å². The molecule has 0 N–H and O–H groups in total. The maximum Gasteiger partial charge on any atom is 0.313 e. The van der Waals surface area contributed by atoms with Gasteiger partial charge in [0.15, 0.2) is 0 Å². The Hall–Kier alpha value is 0.0500. The molecular formula is C4H4Cl2O2. The molecule has 1 fully saturated rings. The fourth-order valence-corrected chi connectivity index (χ4v) is 0.830. The second-order valence-electron chi connectivity index (χ2n) is 1.67. The molecule has 1 heterocycles. The van der Waals surface area contributed by atoms with Crippen molar-refractivity contribution >= 4 is 29.2 Å². The average molecular weight is 155 g/mol. The van der Waals surface area contributed by atoms with Gasteiger partial charge in [-0.25, -0.2) is 0 Å². The van der Waals surface area contributed by atoms with Crippen molar-refractivity contribution in [1.82, 2.24) is 0 Å². The Morgan fingerprint density at radius 2 is 2.38 bits per heavy atom. The zero-order valence-electron chi connectivity index (χ0n) is 3.99. The average Bonchev–Trinajstić information content (AvgIpc) is 1.63. The lowest BCUT2D eigenvalue weighted by Crippen LogP contribution is -2.44. The largest absolute Gasteiger partial charge is 0.441 e. The van der Waals surface area contributed by atoms with Gasteiger partial charge in [-0.15, -0.1) is 11.6 Å². The molecular weight excluding hydrogens is 151 g/mol. The SMILES string of the molecule is O=C1CC(Cl)(CCl)O1. The second kappa shape index (κ2) is 1.78. The third-order valence-electron chi connectivity index (χ3n) is 0.905. The number of ether oxygens (including phenoxy) is 1. The molecule has 8 heavy (non-hydrogen) atoms. The Labute approximate surface area is 56.7 Å². The molecule has 1 aliphatic heterocycles. The van der Waals surface area contributed by atoms with Crippen molar-refractivity contribution in [2.75, 3.05) is 5.88 Å². The predicted octanol–water partition coefficient (Wildman–Crippen LogP) is 1.11. The maximum atomic E-state index is 10.1. The van der Waals surface area contributed by atoms with Gasteiger partial charge >= 0.3 is 5.97 Å². The lowest BCUT2D eigenvalue weighted by Gasteiger charge is -2.32. The third-order valence-corrected chi connectivity index (χ3v) is 1.82. The molecule has 0 amide bonds. The van der Waals surface area contributed by atoms with E-state index in [0.29, 0.717) is 0 Å². The van der Waals surface area contributed by atoms with E-state index in [2.05, 4.69) is 4.74 Å². The van der Waals surface area contributed by atoms with E-state index in [1.54, 1.807) is 0 Å². The van der Waals surface area contributed by atoms with Gasteiger partial charge in [0.1, 0.15) is 6.42 Å². The summed E-state index contributed by atoms with van der Waals surface area (Å²) in [7, 11) is 0. The summed E-state index contributed by atoms with van der Waals surface area (Å²) in [5, 5.41) is -0.876. The number of carbonyl (C=O) groups is 1. The first-order valence-electron chi connectivity index (χ1n) is 2.13. The molecule has 0 bridgehead atoms. The van der Waals surface area contributed by atoms with Crippen LogP contribution in [0.25, 0.3) is 0 Å². The standard InChI is InChI=1S/C4H4Cl2O2/c5-2-4(6)1-3(7)8-4/h1-2H2. The van der Waals surface area contributed by atoms with E-state index in [0.717, 1.165) is 0 Å². The Balaban J connectivity index is 2.40. The maximum absolute atomic E-state index is 10.1. The highest BCUT2D eigenvalue weighted by molar-refractivity contribution is 6.32. The second-order valence-corrected chi connectivity index (χ2v) is 2.62. The first-order valence-corrected chi connectivity index (χ1v) is 3.04. The van der Waals surface area contributed by atoms with Crippen LogP contribution < -0.4 is 0 Å². The minimum Gasteiger partial charge on any atom is -0.441 e. The van der Waals surface area contributed by atoms with Crippen molar-refractivity contribution in [3.63, 3.8) is 0 Å². The third kappa shape index (κ3) is 0.906. The summed E-state index contributed by atoms with van der Waals surface area (Å²) in [6.45, 7) is 0. The van der Waals surface area contributed by atoms with Crippen molar-refractivity contribution in [3.8, 4) is 0 Å². The van der Waals surface area contributed by atoms with Gasteiger partial charge < -0.3 is 4.74 Å². The fourth-order valence-electron chi connectivity index (χ4n) is 0.486. The van der Waals surface area contributed by atoms with Crippen molar-refractivity contribution in [2.24, 2.45) is 0 Å². The van der Waals surface area contributed by atoms with E-state index < -0.39 is 5.06 Å². The van der Waals surface area contributed by atoms with Gasteiger partial charge in [-0.05, 0) is 0 Å². The first-order chi connectivity index (χ1) is 3.66. The number of rotatable bonds is 1. The molecule has 1 rings (SSSR count). The summed E-state index contributed by atoms with van der Waals surface area (Å²) in [4.78, 5) is 10.1. The summed E-state index contributed by atoms with van der Waals surface area (Å²) in [6, 6.07) is 0. The van der Waals surface area contributed by atoms with Crippen LogP contribution in [0.5, 0.6) is 0 Å². The Kier molecular flexibility index (Phi) is 1.37. The van der Waals surface area contributed by atoms with E-state index in [1.165, 1.54) is 0 Å². The summed E-state index contributed by atoms with van der Waals surface area (Å²) in [6.07, 6.45) is 0.234. The lowest BCUT2D eigenvalue weighted by molar-refractivity contribution is -0.173. The van der Waals surface area contributed by atoms with E-state index >= 15 is 0 Å². The molecule has 0 aromatic rings. The monoisotopic (exact) mass is 154 g/mol. The van der Waals surface area contributed by atoms with Crippen LogP contribution in [-0.2, 0) is 9.53 Å². The Bertz CT molecular complexity index is 115. The molecule has 1 saturated heterocycles. The molecule has 0 aromatic heterocycles. The molecule has 0 saturated carbocycles. The summed E-state index contributed by atoms with van der Waals surface area (Å²) < 4.78 is 4.47. The van der Waals surface area contributed by atoms with Crippen LogP contribution in [0.4, 0.5) is 0 Å². The van der Waals surface area contributed by atoms with Crippen LogP contribution in [0.1, 0.15) is 6.42 Å². The van der Waals surface area contributed by atoms with Crippen LogP contribution in [0.2, 0.25) is 0 Å². The van der Waals surface area contributed by atoms with Crippen LogP contribution in [-0.4, -0.2) is 16.9 Å². The van der Waals surface area contributed by atoms with Gasteiger partial charge in [0.05, 0.1) is 5.88 Å². The predicted molar refractivity (Wildman–Crippen MR) is 30.0 cm³/mol.